The molecule has 0 nitrogen and oxygen atoms in total. The van der Waals surface area contributed by atoms with Crippen molar-refractivity contribution in [2.75, 3.05) is 0 Å². The maximum absolute atomic E-state index is 13.4. The number of halogens is 1. The molecule has 0 radical (unpaired) electrons. The zero-order valence-electron chi connectivity index (χ0n) is 9.86. The molecule has 0 saturated carbocycles. The van der Waals surface area contributed by atoms with Crippen LogP contribution in [0.4, 0.5) is 4.39 Å². The third-order valence-electron chi connectivity index (χ3n) is 2.75. The highest BCUT2D eigenvalue weighted by Crippen LogP contribution is 2.12. The third-order valence-corrected chi connectivity index (χ3v) is 2.75. The topological polar surface area (TPSA) is 0 Å². The van der Waals surface area contributed by atoms with E-state index in [4.69, 9.17) is 0 Å². The van der Waals surface area contributed by atoms with Gasteiger partial charge in [-0.15, -0.1) is 0 Å². The summed E-state index contributed by atoms with van der Waals surface area (Å²) in [6, 6.07) is 15.1. The van der Waals surface area contributed by atoms with Gasteiger partial charge in [0, 0.05) is 5.56 Å². The van der Waals surface area contributed by atoms with Crippen molar-refractivity contribution in [3.63, 3.8) is 0 Å². The summed E-state index contributed by atoms with van der Waals surface area (Å²) in [5, 5.41) is 0. The third kappa shape index (κ3) is 3.04. The van der Waals surface area contributed by atoms with E-state index in [-0.39, 0.29) is 5.82 Å². The molecule has 0 spiro atoms. The summed E-state index contributed by atoms with van der Waals surface area (Å²) < 4.78 is 13.4. The summed E-state index contributed by atoms with van der Waals surface area (Å²) in [4.78, 5) is 0. The zero-order valence-corrected chi connectivity index (χ0v) is 9.86. The van der Waals surface area contributed by atoms with Gasteiger partial charge in [-0.1, -0.05) is 61.5 Å². The fourth-order valence-corrected chi connectivity index (χ4v) is 1.66. The minimum Gasteiger partial charge on any atom is -0.206 e. The van der Waals surface area contributed by atoms with Crippen LogP contribution < -0.4 is 0 Å². The van der Waals surface area contributed by atoms with Crippen molar-refractivity contribution < 1.29 is 4.39 Å². The van der Waals surface area contributed by atoms with Crippen molar-refractivity contribution in [1.29, 1.82) is 0 Å². The summed E-state index contributed by atoms with van der Waals surface area (Å²) in [6.45, 7) is 2.13. The van der Waals surface area contributed by atoms with Crippen molar-refractivity contribution in [2.24, 2.45) is 0 Å². The molecule has 0 aliphatic rings. The number of aryl methyl sites for hydroxylation is 1. The number of hydrogen-bond donors (Lipinski definition) is 0. The van der Waals surface area contributed by atoms with Gasteiger partial charge >= 0.3 is 0 Å². The summed E-state index contributed by atoms with van der Waals surface area (Å²) in [6.07, 6.45) is 4.77. The van der Waals surface area contributed by atoms with Crippen molar-refractivity contribution in [1.82, 2.24) is 0 Å². The standard InChI is InChI=1S/C16H15F/c1-2-13-7-9-14(10-8-13)11-12-15-5-3-4-6-16(15)17/h3-12H,2H2,1H3/b12-11+. The predicted octanol–water partition coefficient (Wildman–Crippen LogP) is 4.56. The molecule has 2 aromatic carbocycles. The maximum Gasteiger partial charge on any atom is 0.130 e. The van der Waals surface area contributed by atoms with Crippen LogP contribution in [0.1, 0.15) is 23.6 Å². The molecule has 0 unspecified atom stereocenters. The Kier molecular flexibility index (Phi) is 3.71. The van der Waals surface area contributed by atoms with E-state index in [1.807, 2.05) is 12.1 Å². The lowest BCUT2D eigenvalue weighted by Gasteiger charge is -1.98. The second-order valence-corrected chi connectivity index (χ2v) is 3.95. The fourth-order valence-electron chi connectivity index (χ4n) is 1.66. The Balaban J connectivity index is 2.17. The average Bonchev–Trinajstić information content (AvgIpc) is 2.38. The lowest BCUT2D eigenvalue weighted by atomic mass is 10.1. The Hall–Kier alpha value is -1.89. The normalized spacial score (nSPS) is 10.9. The van der Waals surface area contributed by atoms with Gasteiger partial charge in [0.15, 0.2) is 0 Å². The minimum atomic E-state index is -0.186. The molecule has 2 rings (SSSR count). The molecule has 0 amide bonds. The van der Waals surface area contributed by atoms with Crippen LogP contribution >= 0.6 is 0 Å². The van der Waals surface area contributed by atoms with Crippen LogP contribution in [-0.4, -0.2) is 0 Å². The molecule has 0 saturated heterocycles. The average molecular weight is 226 g/mol. The van der Waals surface area contributed by atoms with Gasteiger partial charge in [-0.2, -0.15) is 0 Å². The molecule has 0 N–H and O–H groups in total. The predicted molar refractivity (Wildman–Crippen MR) is 71.1 cm³/mol. The summed E-state index contributed by atoms with van der Waals surface area (Å²) in [5.74, 6) is -0.186. The Bertz CT molecular complexity index is 509. The van der Waals surface area contributed by atoms with Gasteiger partial charge in [0.2, 0.25) is 0 Å². The van der Waals surface area contributed by atoms with Gasteiger partial charge in [0.25, 0.3) is 0 Å². The van der Waals surface area contributed by atoms with E-state index in [9.17, 15) is 4.39 Å². The van der Waals surface area contributed by atoms with E-state index in [0.29, 0.717) is 5.56 Å². The van der Waals surface area contributed by atoms with Crippen LogP contribution in [-0.2, 0) is 6.42 Å². The van der Waals surface area contributed by atoms with Gasteiger partial charge in [-0.3, -0.25) is 0 Å². The molecule has 0 bridgehead atoms. The quantitative estimate of drug-likeness (QED) is 0.673. The van der Waals surface area contributed by atoms with Crippen LogP contribution in [0, 0.1) is 5.82 Å². The number of hydrogen-bond acceptors (Lipinski definition) is 0. The monoisotopic (exact) mass is 226 g/mol. The van der Waals surface area contributed by atoms with Gasteiger partial charge in [0.05, 0.1) is 0 Å². The van der Waals surface area contributed by atoms with Crippen molar-refractivity contribution in [3.8, 4) is 0 Å². The lowest BCUT2D eigenvalue weighted by molar-refractivity contribution is 0.625. The van der Waals surface area contributed by atoms with Crippen LogP contribution in [0.3, 0.4) is 0 Å². The first-order chi connectivity index (χ1) is 8.29. The lowest BCUT2D eigenvalue weighted by Crippen LogP contribution is -1.81. The van der Waals surface area contributed by atoms with Gasteiger partial charge in [0.1, 0.15) is 5.82 Å². The fraction of sp³-hybridized carbons (Fsp3) is 0.125. The molecular formula is C16H15F. The van der Waals surface area contributed by atoms with E-state index < -0.39 is 0 Å². The van der Waals surface area contributed by atoms with E-state index in [2.05, 4.69) is 31.2 Å². The highest BCUT2D eigenvalue weighted by atomic mass is 19.1. The Labute approximate surface area is 101 Å². The molecule has 0 aliphatic heterocycles. The first-order valence-corrected chi connectivity index (χ1v) is 5.81. The second-order valence-electron chi connectivity index (χ2n) is 3.95. The largest absolute Gasteiger partial charge is 0.206 e. The Morgan fingerprint density at radius 2 is 1.65 bits per heavy atom. The van der Waals surface area contributed by atoms with Crippen molar-refractivity contribution >= 4 is 12.2 Å². The van der Waals surface area contributed by atoms with Crippen LogP contribution in [0.15, 0.2) is 48.5 Å². The molecule has 1 heteroatoms. The number of benzene rings is 2. The van der Waals surface area contributed by atoms with E-state index >= 15 is 0 Å². The second kappa shape index (κ2) is 5.44. The van der Waals surface area contributed by atoms with E-state index in [1.165, 1.54) is 11.6 Å². The first-order valence-electron chi connectivity index (χ1n) is 5.81. The number of rotatable bonds is 3. The first kappa shape index (κ1) is 11.6. The highest BCUT2D eigenvalue weighted by Gasteiger charge is 1.95. The summed E-state index contributed by atoms with van der Waals surface area (Å²) >= 11 is 0. The molecule has 0 fully saturated rings. The van der Waals surface area contributed by atoms with E-state index in [0.717, 1.165) is 12.0 Å². The minimum absolute atomic E-state index is 0.186. The highest BCUT2D eigenvalue weighted by molar-refractivity contribution is 5.69. The molecule has 2 aromatic rings. The van der Waals surface area contributed by atoms with Gasteiger partial charge in [-0.05, 0) is 23.6 Å². The van der Waals surface area contributed by atoms with Gasteiger partial charge < -0.3 is 0 Å². The molecule has 86 valence electrons. The van der Waals surface area contributed by atoms with Crippen molar-refractivity contribution in [3.05, 3.63) is 71.0 Å². The van der Waals surface area contributed by atoms with E-state index in [1.54, 1.807) is 18.2 Å². The maximum atomic E-state index is 13.4. The molecule has 0 atom stereocenters. The molecule has 17 heavy (non-hydrogen) atoms. The summed E-state index contributed by atoms with van der Waals surface area (Å²) in [7, 11) is 0. The van der Waals surface area contributed by atoms with Crippen LogP contribution in [0.25, 0.3) is 12.2 Å². The zero-order chi connectivity index (χ0) is 12.1. The smallest absolute Gasteiger partial charge is 0.130 e. The van der Waals surface area contributed by atoms with Gasteiger partial charge in [-0.25, -0.2) is 4.39 Å². The van der Waals surface area contributed by atoms with Crippen molar-refractivity contribution in [2.45, 2.75) is 13.3 Å². The molecule has 0 aliphatic carbocycles. The molecule has 0 heterocycles. The Morgan fingerprint density at radius 3 is 2.29 bits per heavy atom. The summed E-state index contributed by atoms with van der Waals surface area (Å²) in [5.41, 5.74) is 3.02. The molecule has 0 aromatic heterocycles. The Morgan fingerprint density at radius 1 is 0.941 bits per heavy atom. The van der Waals surface area contributed by atoms with Crippen LogP contribution in [0.5, 0.6) is 0 Å². The SMILES string of the molecule is CCc1ccc(/C=C/c2ccccc2F)cc1. The molecular weight excluding hydrogens is 211 g/mol. The van der Waals surface area contributed by atoms with Crippen LogP contribution in [0.2, 0.25) is 0 Å².